The minimum atomic E-state index is 0.118. The predicted octanol–water partition coefficient (Wildman–Crippen LogP) is 0.743. The van der Waals surface area contributed by atoms with Gasteiger partial charge in [-0.1, -0.05) is 0 Å². The number of imidazole rings is 1. The summed E-state index contributed by atoms with van der Waals surface area (Å²) in [6.07, 6.45) is 3.11. The average Bonchev–Trinajstić information content (AvgIpc) is 2.32. The van der Waals surface area contributed by atoms with Crippen LogP contribution in [0.4, 0.5) is 0 Å². The van der Waals surface area contributed by atoms with Crippen molar-refractivity contribution in [2.24, 2.45) is 0 Å². The molecule has 2 heterocycles. The highest BCUT2D eigenvalue weighted by molar-refractivity contribution is 5.34. The molecule has 2 aromatic heterocycles. The molecular weight excluding hydrogens is 142 g/mol. The van der Waals surface area contributed by atoms with Crippen molar-refractivity contribution in [3.8, 4) is 5.88 Å². The van der Waals surface area contributed by atoms with E-state index >= 15 is 0 Å². The zero-order valence-electron chi connectivity index (χ0n) is 6.02. The van der Waals surface area contributed by atoms with Gasteiger partial charge < -0.3 is 5.11 Å². The van der Waals surface area contributed by atoms with Crippen LogP contribution in [0.25, 0.3) is 5.78 Å². The fraction of sp³-hybridized carbons (Fsp3) is 0.143. The molecule has 0 spiro atoms. The van der Waals surface area contributed by atoms with Crippen LogP contribution in [0, 0.1) is 6.92 Å². The minimum Gasteiger partial charge on any atom is -0.493 e. The first-order valence-corrected chi connectivity index (χ1v) is 3.27. The van der Waals surface area contributed by atoms with E-state index in [1.165, 1.54) is 10.6 Å². The first kappa shape index (κ1) is 6.15. The standard InChI is InChI=1S/C7H7N3O/c1-5-2-3-10-6(11)4-8-7(10)9-5/h2-4,11H,1H3. The van der Waals surface area contributed by atoms with E-state index in [2.05, 4.69) is 9.97 Å². The molecule has 0 atom stereocenters. The first-order chi connectivity index (χ1) is 5.27. The summed E-state index contributed by atoms with van der Waals surface area (Å²) in [6, 6.07) is 1.81. The maximum Gasteiger partial charge on any atom is 0.236 e. The van der Waals surface area contributed by atoms with E-state index in [1.54, 1.807) is 6.20 Å². The molecule has 0 amide bonds. The molecule has 11 heavy (non-hydrogen) atoms. The third-order valence-corrected chi connectivity index (χ3v) is 1.50. The van der Waals surface area contributed by atoms with Gasteiger partial charge in [-0.25, -0.2) is 9.97 Å². The maximum atomic E-state index is 9.16. The molecule has 0 fully saturated rings. The Balaban J connectivity index is 2.86. The summed E-state index contributed by atoms with van der Waals surface area (Å²) in [7, 11) is 0. The van der Waals surface area contributed by atoms with Gasteiger partial charge in [0.25, 0.3) is 0 Å². The first-order valence-electron chi connectivity index (χ1n) is 3.27. The van der Waals surface area contributed by atoms with Crippen molar-refractivity contribution < 1.29 is 5.11 Å². The van der Waals surface area contributed by atoms with Crippen LogP contribution in [0.15, 0.2) is 18.5 Å². The molecule has 2 rings (SSSR count). The van der Waals surface area contributed by atoms with Gasteiger partial charge in [-0.3, -0.25) is 4.40 Å². The highest BCUT2D eigenvalue weighted by Gasteiger charge is 1.99. The van der Waals surface area contributed by atoms with Crippen LogP contribution >= 0.6 is 0 Å². The Hall–Kier alpha value is -1.58. The second-order valence-corrected chi connectivity index (χ2v) is 2.36. The molecule has 1 N–H and O–H groups in total. The monoisotopic (exact) mass is 149 g/mol. The highest BCUT2D eigenvalue weighted by atomic mass is 16.3. The lowest BCUT2D eigenvalue weighted by atomic mass is 10.5. The zero-order valence-corrected chi connectivity index (χ0v) is 6.02. The van der Waals surface area contributed by atoms with E-state index in [1.807, 2.05) is 13.0 Å². The maximum absolute atomic E-state index is 9.16. The van der Waals surface area contributed by atoms with E-state index < -0.39 is 0 Å². The summed E-state index contributed by atoms with van der Waals surface area (Å²) in [5.74, 6) is 0.648. The number of aromatic hydroxyl groups is 1. The van der Waals surface area contributed by atoms with Crippen LogP contribution in [0.3, 0.4) is 0 Å². The molecule has 2 aromatic rings. The number of hydrogen-bond donors (Lipinski definition) is 1. The molecule has 0 saturated carbocycles. The Bertz CT molecular complexity index is 393. The van der Waals surface area contributed by atoms with Crippen LogP contribution in [0.5, 0.6) is 5.88 Å². The lowest BCUT2D eigenvalue weighted by Crippen LogP contribution is -1.89. The summed E-state index contributed by atoms with van der Waals surface area (Å²) in [4.78, 5) is 7.97. The molecular formula is C7H7N3O. The molecule has 0 unspecified atom stereocenters. The summed E-state index contributed by atoms with van der Waals surface area (Å²) in [6.45, 7) is 1.88. The Morgan fingerprint density at radius 3 is 3.18 bits per heavy atom. The number of aryl methyl sites for hydroxylation is 1. The molecule has 0 aliphatic carbocycles. The van der Waals surface area contributed by atoms with Crippen molar-refractivity contribution in [2.75, 3.05) is 0 Å². The Morgan fingerprint density at radius 2 is 2.36 bits per heavy atom. The van der Waals surface area contributed by atoms with Crippen LogP contribution in [0.1, 0.15) is 5.69 Å². The van der Waals surface area contributed by atoms with Crippen molar-refractivity contribution in [2.45, 2.75) is 6.92 Å². The van der Waals surface area contributed by atoms with Gasteiger partial charge in [0.15, 0.2) is 0 Å². The summed E-state index contributed by atoms with van der Waals surface area (Å²) < 4.78 is 1.52. The van der Waals surface area contributed by atoms with Crippen LogP contribution in [-0.4, -0.2) is 19.5 Å². The molecule has 0 saturated heterocycles. The van der Waals surface area contributed by atoms with Crippen LogP contribution in [-0.2, 0) is 0 Å². The van der Waals surface area contributed by atoms with E-state index in [0.717, 1.165) is 5.69 Å². The van der Waals surface area contributed by atoms with Crippen LogP contribution < -0.4 is 0 Å². The van der Waals surface area contributed by atoms with E-state index in [9.17, 15) is 0 Å². The van der Waals surface area contributed by atoms with Gasteiger partial charge in [0.05, 0.1) is 6.20 Å². The fourth-order valence-corrected chi connectivity index (χ4v) is 0.946. The van der Waals surface area contributed by atoms with E-state index in [-0.39, 0.29) is 5.88 Å². The van der Waals surface area contributed by atoms with Crippen molar-refractivity contribution in [3.63, 3.8) is 0 Å². The van der Waals surface area contributed by atoms with Crippen molar-refractivity contribution in [1.82, 2.24) is 14.4 Å². The lowest BCUT2D eigenvalue weighted by Gasteiger charge is -1.93. The molecule has 0 radical (unpaired) electrons. The van der Waals surface area contributed by atoms with Gasteiger partial charge in [0, 0.05) is 11.9 Å². The topological polar surface area (TPSA) is 50.4 Å². The van der Waals surface area contributed by atoms with Gasteiger partial charge in [0.1, 0.15) is 0 Å². The molecule has 0 aliphatic rings. The number of fused-ring (bicyclic) bond motifs is 1. The van der Waals surface area contributed by atoms with Crippen LogP contribution in [0.2, 0.25) is 0 Å². The van der Waals surface area contributed by atoms with Gasteiger partial charge in [0.2, 0.25) is 11.7 Å². The molecule has 0 aromatic carbocycles. The van der Waals surface area contributed by atoms with Crippen molar-refractivity contribution in [3.05, 3.63) is 24.2 Å². The lowest BCUT2D eigenvalue weighted by molar-refractivity contribution is 0.448. The third kappa shape index (κ3) is 0.832. The normalized spacial score (nSPS) is 10.6. The Labute approximate surface area is 63.1 Å². The summed E-state index contributed by atoms with van der Waals surface area (Å²) in [5, 5.41) is 9.16. The second-order valence-electron chi connectivity index (χ2n) is 2.36. The number of rotatable bonds is 0. The molecule has 0 bridgehead atoms. The van der Waals surface area contributed by atoms with Gasteiger partial charge in [-0.15, -0.1) is 0 Å². The molecule has 56 valence electrons. The number of nitrogens with zero attached hydrogens (tertiary/aromatic N) is 3. The zero-order chi connectivity index (χ0) is 7.84. The summed E-state index contributed by atoms with van der Waals surface area (Å²) >= 11 is 0. The molecule has 0 aliphatic heterocycles. The highest BCUT2D eigenvalue weighted by Crippen LogP contribution is 2.09. The van der Waals surface area contributed by atoms with Crippen molar-refractivity contribution >= 4 is 5.78 Å². The average molecular weight is 149 g/mol. The van der Waals surface area contributed by atoms with Gasteiger partial charge in [-0.05, 0) is 13.0 Å². The van der Waals surface area contributed by atoms with E-state index in [4.69, 9.17) is 5.11 Å². The third-order valence-electron chi connectivity index (χ3n) is 1.50. The SMILES string of the molecule is Cc1ccn2c(O)cnc2n1. The van der Waals surface area contributed by atoms with Gasteiger partial charge >= 0.3 is 0 Å². The van der Waals surface area contributed by atoms with E-state index in [0.29, 0.717) is 5.78 Å². The molecule has 4 heteroatoms. The second kappa shape index (κ2) is 1.95. The Morgan fingerprint density at radius 1 is 1.55 bits per heavy atom. The number of aromatic nitrogens is 3. The Kier molecular flexibility index (Phi) is 1.09. The predicted molar refractivity (Wildman–Crippen MR) is 39.4 cm³/mol. The molecule has 4 nitrogen and oxygen atoms in total. The van der Waals surface area contributed by atoms with Gasteiger partial charge in [-0.2, -0.15) is 0 Å². The largest absolute Gasteiger partial charge is 0.493 e. The summed E-state index contributed by atoms with van der Waals surface area (Å²) in [5.41, 5.74) is 0.892. The minimum absolute atomic E-state index is 0.118. The smallest absolute Gasteiger partial charge is 0.236 e. The van der Waals surface area contributed by atoms with Crippen molar-refractivity contribution in [1.29, 1.82) is 0 Å². The number of hydrogen-bond acceptors (Lipinski definition) is 3. The quantitative estimate of drug-likeness (QED) is 0.601. The fourth-order valence-electron chi connectivity index (χ4n) is 0.946.